The predicted octanol–water partition coefficient (Wildman–Crippen LogP) is 3.46. The maximum absolute atomic E-state index is 13.3. The highest BCUT2D eigenvalue weighted by Gasteiger charge is 2.32. The lowest BCUT2D eigenvalue weighted by Crippen LogP contribution is -2.53. The van der Waals surface area contributed by atoms with Crippen LogP contribution < -0.4 is 0 Å². The van der Waals surface area contributed by atoms with Crippen molar-refractivity contribution in [2.45, 2.75) is 13.0 Å². The van der Waals surface area contributed by atoms with Gasteiger partial charge < -0.3 is 9.80 Å². The normalized spacial score (nSPS) is 15.5. The van der Waals surface area contributed by atoms with E-state index in [4.69, 9.17) is 11.6 Å². The van der Waals surface area contributed by atoms with E-state index in [2.05, 4.69) is 0 Å². The average molecular weight is 418 g/mol. The van der Waals surface area contributed by atoms with Crippen LogP contribution in [0.25, 0.3) is 0 Å². The van der Waals surface area contributed by atoms with Gasteiger partial charge in [0.25, 0.3) is 5.91 Å². The molecule has 1 saturated heterocycles. The third kappa shape index (κ3) is 4.77. The van der Waals surface area contributed by atoms with Gasteiger partial charge in [-0.05, 0) is 37.4 Å². The van der Waals surface area contributed by atoms with Gasteiger partial charge in [0.05, 0.1) is 10.6 Å². The number of hydrogen-bond acceptors (Lipinski definition) is 3. The number of piperazine rings is 1. The van der Waals surface area contributed by atoms with E-state index in [-0.39, 0.29) is 28.4 Å². The number of carbonyl (C=O) groups excluding carboxylic acids is 2. The first-order valence-corrected chi connectivity index (χ1v) is 10.1. The second-order valence-corrected chi connectivity index (χ2v) is 7.54. The highest BCUT2D eigenvalue weighted by atomic mass is 35.5. The van der Waals surface area contributed by atoms with Gasteiger partial charge in [0.15, 0.2) is 0 Å². The highest BCUT2D eigenvalue weighted by molar-refractivity contribution is 6.33. The third-order valence-electron chi connectivity index (χ3n) is 5.33. The Bertz CT molecular complexity index is 870. The predicted molar refractivity (Wildman–Crippen MR) is 111 cm³/mol. The Morgan fingerprint density at radius 2 is 1.69 bits per heavy atom. The molecule has 5 nitrogen and oxygen atoms in total. The number of likely N-dealkylation sites (N-methyl/N-ethyl adjacent to an activating group) is 1. The smallest absolute Gasteiger partial charge is 0.255 e. The Labute approximate surface area is 175 Å². The zero-order valence-electron chi connectivity index (χ0n) is 16.6. The van der Waals surface area contributed by atoms with Crippen LogP contribution in [0.15, 0.2) is 48.5 Å². The van der Waals surface area contributed by atoms with E-state index in [1.165, 1.54) is 12.1 Å². The van der Waals surface area contributed by atoms with Gasteiger partial charge >= 0.3 is 0 Å². The molecule has 1 aliphatic heterocycles. The van der Waals surface area contributed by atoms with Gasteiger partial charge in [0.1, 0.15) is 11.9 Å². The van der Waals surface area contributed by atoms with Gasteiger partial charge in [0.2, 0.25) is 5.91 Å². The minimum atomic E-state index is -0.478. The van der Waals surface area contributed by atoms with Crippen molar-refractivity contribution in [2.75, 3.05) is 39.8 Å². The van der Waals surface area contributed by atoms with E-state index in [0.29, 0.717) is 26.2 Å². The molecule has 3 rings (SSSR count). The molecular formula is C22H25ClFN3O2. The molecular weight excluding hydrogens is 393 g/mol. The molecule has 1 heterocycles. The van der Waals surface area contributed by atoms with E-state index in [1.54, 1.807) is 9.80 Å². The molecule has 1 fully saturated rings. The molecule has 154 valence electrons. The maximum Gasteiger partial charge on any atom is 0.255 e. The van der Waals surface area contributed by atoms with Crippen molar-refractivity contribution < 1.29 is 14.0 Å². The average Bonchev–Trinajstić information content (AvgIpc) is 2.74. The molecule has 0 saturated carbocycles. The minimum absolute atomic E-state index is 0.0347. The molecule has 7 heteroatoms. The van der Waals surface area contributed by atoms with Crippen molar-refractivity contribution in [3.8, 4) is 0 Å². The molecule has 1 unspecified atom stereocenters. The van der Waals surface area contributed by atoms with E-state index in [1.807, 2.05) is 49.2 Å². The summed E-state index contributed by atoms with van der Waals surface area (Å²) in [5.74, 6) is -0.686. The molecule has 1 aliphatic rings. The lowest BCUT2D eigenvalue weighted by molar-refractivity contribution is -0.138. The van der Waals surface area contributed by atoms with Crippen molar-refractivity contribution in [2.24, 2.45) is 0 Å². The second kappa shape index (κ2) is 9.37. The maximum atomic E-state index is 13.3. The van der Waals surface area contributed by atoms with Crippen LogP contribution in [0.3, 0.4) is 0 Å². The number of nitrogens with zero attached hydrogens (tertiary/aromatic N) is 3. The van der Waals surface area contributed by atoms with Crippen molar-refractivity contribution in [1.82, 2.24) is 14.7 Å². The second-order valence-electron chi connectivity index (χ2n) is 7.13. The molecule has 0 spiro atoms. The van der Waals surface area contributed by atoms with Crippen LogP contribution in [-0.4, -0.2) is 66.3 Å². The van der Waals surface area contributed by atoms with E-state index in [0.717, 1.165) is 18.2 Å². The van der Waals surface area contributed by atoms with Crippen LogP contribution in [-0.2, 0) is 4.79 Å². The topological polar surface area (TPSA) is 43.9 Å². The van der Waals surface area contributed by atoms with Crippen LogP contribution >= 0.6 is 11.6 Å². The van der Waals surface area contributed by atoms with Gasteiger partial charge in [-0.3, -0.25) is 14.5 Å². The Morgan fingerprint density at radius 1 is 1.07 bits per heavy atom. The van der Waals surface area contributed by atoms with Crippen molar-refractivity contribution in [3.63, 3.8) is 0 Å². The molecule has 2 amide bonds. The number of amides is 2. The van der Waals surface area contributed by atoms with Gasteiger partial charge in [0, 0.05) is 26.2 Å². The first-order valence-electron chi connectivity index (χ1n) is 9.70. The molecule has 0 radical (unpaired) electrons. The lowest BCUT2D eigenvalue weighted by Gasteiger charge is -2.38. The summed E-state index contributed by atoms with van der Waals surface area (Å²) in [5.41, 5.74) is 1.24. The first kappa shape index (κ1) is 21.3. The van der Waals surface area contributed by atoms with E-state index >= 15 is 0 Å². The molecule has 2 aromatic rings. The summed E-state index contributed by atoms with van der Waals surface area (Å²) in [7, 11) is 1.94. The number of rotatable bonds is 5. The Morgan fingerprint density at radius 3 is 2.28 bits per heavy atom. The zero-order valence-corrected chi connectivity index (χ0v) is 17.4. The van der Waals surface area contributed by atoms with Crippen molar-refractivity contribution in [3.05, 3.63) is 70.5 Å². The Balaban J connectivity index is 1.69. The summed E-state index contributed by atoms with van der Waals surface area (Å²) in [6, 6.07) is 13.1. The molecule has 1 atom stereocenters. The van der Waals surface area contributed by atoms with Crippen molar-refractivity contribution >= 4 is 23.4 Å². The van der Waals surface area contributed by atoms with Crippen LogP contribution in [0.4, 0.5) is 4.39 Å². The summed E-state index contributed by atoms with van der Waals surface area (Å²) in [4.78, 5) is 31.5. The fourth-order valence-corrected chi connectivity index (χ4v) is 3.79. The molecule has 2 aromatic carbocycles. The Kier molecular flexibility index (Phi) is 6.87. The number of halogens is 2. The first-order chi connectivity index (χ1) is 13.9. The molecule has 0 aliphatic carbocycles. The van der Waals surface area contributed by atoms with Crippen LogP contribution in [0, 0.1) is 5.82 Å². The Hall–Kier alpha value is -2.44. The monoisotopic (exact) mass is 417 g/mol. The van der Waals surface area contributed by atoms with Crippen molar-refractivity contribution in [1.29, 1.82) is 0 Å². The van der Waals surface area contributed by atoms with Crippen LogP contribution in [0.1, 0.15) is 28.9 Å². The van der Waals surface area contributed by atoms with Crippen LogP contribution in [0.2, 0.25) is 5.02 Å². The number of hydrogen-bond donors (Lipinski definition) is 0. The van der Waals surface area contributed by atoms with Gasteiger partial charge in [-0.25, -0.2) is 4.39 Å². The number of benzene rings is 2. The zero-order chi connectivity index (χ0) is 21.0. The summed E-state index contributed by atoms with van der Waals surface area (Å²) in [6.45, 7) is 4.49. The summed E-state index contributed by atoms with van der Waals surface area (Å²) in [6.07, 6.45) is 0. The quantitative estimate of drug-likeness (QED) is 0.748. The highest BCUT2D eigenvalue weighted by Crippen LogP contribution is 2.24. The SMILES string of the molecule is CCN(C)C(C(=O)N1CCN(C(=O)c2ccc(F)cc2Cl)CC1)c1ccccc1. The van der Waals surface area contributed by atoms with Gasteiger partial charge in [-0.1, -0.05) is 48.9 Å². The summed E-state index contributed by atoms with van der Waals surface area (Å²) < 4.78 is 13.2. The standard InChI is InChI=1S/C22H25ClFN3O2/c1-3-25(2)20(16-7-5-4-6-8-16)22(29)27-13-11-26(12-14-27)21(28)18-10-9-17(24)15-19(18)23/h4-10,15,20H,3,11-14H2,1-2H3. The molecule has 0 aromatic heterocycles. The van der Waals surface area contributed by atoms with Gasteiger partial charge in [-0.15, -0.1) is 0 Å². The van der Waals surface area contributed by atoms with E-state index in [9.17, 15) is 14.0 Å². The third-order valence-corrected chi connectivity index (χ3v) is 5.64. The van der Waals surface area contributed by atoms with Gasteiger partial charge in [-0.2, -0.15) is 0 Å². The fourth-order valence-electron chi connectivity index (χ4n) is 3.54. The molecule has 0 bridgehead atoms. The fraction of sp³-hybridized carbons (Fsp3) is 0.364. The minimum Gasteiger partial charge on any atom is -0.337 e. The van der Waals surface area contributed by atoms with E-state index < -0.39 is 5.82 Å². The number of carbonyl (C=O) groups is 2. The van der Waals surface area contributed by atoms with Crippen LogP contribution in [0.5, 0.6) is 0 Å². The molecule has 29 heavy (non-hydrogen) atoms. The molecule has 0 N–H and O–H groups in total. The summed E-state index contributed by atoms with van der Waals surface area (Å²) in [5, 5.41) is 0.0993. The largest absolute Gasteiger partial charge is 0.337 e. The lowest BCUT2D eigenvalue weighted by atomic mass is 10.0. The summed E-state index contributed by atoms with van der Waals surface area (Å²) >= 11 is 6.03.